The number of alkyl halides is 1. The number of β-lactam (4-membered cyclic amide) rings is 1. The van der Waals surface area contributed by atoms with Gasteiger partial charge in [0.25, 0.3) is 0 Å². The molecule has 1 aliphatic heterocycles. The van der Waals surface area contributed by atoms with Gasteiger partial charge in [-0.15, -0.1) is 11.6 Å². The number of halogens is 1. The Labute approximate surface area is 124 Å². The van der Waals surface area contributed by atoms with Crippen molar-refractivity contribution in [3.05, 3.63) is 71.8 Å². The fourth-order valence-corrected chi connectivity index (χ4v) is 3.06. The number of carbonyl (C=O) groups excluding carboxylic acids is 1. The van der Waals surface area contributed by atoms with Gasteiger partial charge in [0.05, 0.1) is 6.04 Å². The quantitative estimate of drug-likeness (QED) is 0.623. The molecule has 1 heterocycles. The van der Waals surface area contributed by atoms with E-state index in [1.54, 1.807) is 0 Å². The van der Waals surface area contributed by atoms with Crippen LogP contribution in [0.1, 0.15) is 17.2 Å². The van der Waals surface area contributed by atoms with E-state index >= 15 is 0 Å². The van der Waals surface area contributed by atoms with Crippen molar-refractivity contribution in [3.8, 4) is 0 Å². The van der Waals surface area contributed by atoms with Gasteiger partial charge in [-0.3, -0.25) is 4.79 Å². The molecule has 1 fully saturated rings. The van der Waals surface area contributed by atoms with Crippen LogP contribution >= 0.6 is 11.6 Å². The summed E-state index contributed by atoms with van der Waals surface area (Å²) in [5.74, 6) is 0.0384. The fraction of sp³-hybridized carbons (Fsp3) is 0.235. The van der Waals surface area contributed by atoms with E-state index in [4.69, 9.17) is 11.6 Å². The molecule has 0 aliphatic carbocycles. The van der Waals surface area contributed by atoms with Gasteiger partial charge in [-0.25, -0.2) is 0 Å². The van der Waals surface area contributed by atoms with Crippen molar-refractivity contribution in [2.45, 2.75) is 17.8 Å². The van der Waals surface area contributed by atoms with Gasteiger partial charge in [-0.1, -0.05) is 60.7 Å². The van der Waals surface area contributed by atoms with Gasteiger partial charge in [0, 0.05) is 6.54 Å². The second-order valence-electron chi connectivity index (χ2n) is 5.02. The second-order valence-corrected chi connectivity index (χ2v) is 5.49. The molecule has 2 atom stereocenters. The summed E-state index contributed by atoms with van der Waals surface area (Å²) in [5, 5.41) is -0.423. The van der Waals surface area contributed by atoms with E-state index in [0.717, 1.165) is 12.0 Å². The summed E-state index contributed by atoms with van der Waals surface area (Å²) in [6, 6.07) is 20.2. The van der Waals surface area contributed by atoms with Gasteiger partial charge < -0.3 is 4.90 Å². The summed E-state index contributed by atoms with van der Waals surface area (Å²) in [5.41, 5.74) is 2.35. The topological polar surface area (TPSA) is 20.3 Å². The highest BCUT2D eigenvalue weighted by Gasteiger charge is 2.46. The van der Waals surface area contributed by atoms with Crippen LogP contribution in [-0.4, -0.2) is 22.7 Å². The summed E-state index contributed by atoms with van der Waals surface area (Å²) < 4.78 is 0. The van der Waals surface area contributed by atoms with Crippen LogP contribution in [0.3, 0.4) is 0 Å². The smallest absolute Gasteiger partial charge is 0.243 e. The average Bonchev–Trinajstić information content (AvgIpc) is 2.52. The van der Waals surface area contributed by atoms with Gasteiger partial charge in [0.1, 0.15) is 5.38 Å². The van der Waals surface area contributed by atoms with Crippen molar-refractivity contribution in [3.63, 3.8) is 0 Å². The lowest BCUT2D eigenvalue weighted by atomic mass is 9.92. The zero-order valence-electron chi connectivity index (χ0n) is 11.1. The Kier molecular flexibility index (Phi) is 3.75. The third-order valence-electron chi connectivity index (χ3n) is 3.76. The molecule has 102 valence electrons. The number of nitrogens with zero attached hydrogens (tertiary/aromatic N) is 1. The molecule has 3 rings (SSSR count). The molecule has 0 aromatic heterocycles. The highest BCUT2D eigenvalue weighted by atomic mass is 35.5. The third kappa shape index (κ3) is 2.44. The first kappa shape index (κ1) is 13.2. The molecule has 2 nitrogen and oxygen atoms in total. The zero-order chi connectivity index (χ0) is 13.9. The standard InChI is InChI=1S/C17H16ClNO/c18-15-16(14-9-5-2-6-10-14)19(17(15)20)12-11-13-7-3-1-4-8-13/h1-10,15-16H,11-12H2/t15-,16+/m0/s1. The Morgan fingerprint density at radius 2 is 1.55 bits per heavy atom. The molecular weight excluding hydrogens is 270 g/mol. The molecule has 1 saturated heterocycles. The second kappa shape index (κ2) is 5.68. The zero-order valence-corrected chi connectivity index (χ0v) is 11.8. The number of hydrogen-bond acceptors (Lipinski definition) is 1. The molecule has 2 aromatic carbocycles. The largest absolute Gasteiger partial charge is 0.332 e. The van der Waals surface area contributed by atoms with Crippen LogP contribution in [0, 0.1) is 0 Å². The Balaban J connectivity index is 1.70. The number of carbonyl (C=O) groups is 1. The van der Waals surface area contributed by atoms with Crippen LogP contribution in [0.15, 0.2) is 60.7 Å². The molecule has 0 radical (unpaired) electrons. The summed E-state index contributed by atoms with van der Waals surface area (Å²) in [6.07, 6.45) is 0.861. The summed E-state index contributed by atoms with van der Waals surface area (Å²) in [7, 11) is 0. The van der Waals surface area contributed by atoms with Crippen molar-refractivity contribution in [1.82, 2.24) is 4.90 Å². The van der Waals surface area contributed by atoms with E-state index in [1.165, 1.54) is 5.56 Å². The summed E-state index contributed by atoms with van der Waals surface area (Å²) in [4.78, 5) is 13.8. The van der Waals surface area contributed by atoms with Crippen LogP contribution < -0.4 is 0 Å². The monoisotopic (exact) mass is 285 g/mol. The highest BCUT2D eigenvalue weighted by molar-refractivity contribution is 6.33. The maximum absolute atomic E-state index is 12.0. The van der Waals surface area contributed by atoms with Crippen molar-refractivity contribution in [2.24, 2.45) is 0 Å². The number of amides is 1. The van der Waals surface area contributed by atoms with Crippen LogP contribution in [0.25, 0.3) is 0 Å². The maximum atomic E-state index is 12.0. The molecule has 0 saturated carbocycles. The van der Waals surface area contributed by atoms with Crippen LogP contribution in [0.4, 0.5) is 0 Å². The van der Waals surface area contributed by atoms with E-state index < -0.39 is 5.38 Å². The van der Waals surface area contributed by atoms with Gasteiger partial charge >= 0.3 is 0 Å². The Bertz CT molecular complexity index is 584. The predicted molar refractivity (Wildman–Crippen MR) is 80.7 cm³/mol. The normalized spacial score (nSPS) is 21.6. The number of hydrogen-bond donors (Lipinski definition) is 0. The highest BCUT2D eigenvalue weighted by Crippen LogP contribution is 2.38. The number of likely N-dealkylation sites (tertiary alicyclic amines) is 1. The van der Waals surface area contributed by atoms with Gasteiger partial charge in [-0.05, 0) is 17.5 Å². The molecule has 1 amide bonds. The molecule has 1 aliphatic rings. The lowest BCUT2D eigenvalue weighted by Crippen LogP contribution is -2.56. The van der Waals surface area contributed by atoms with Crippen molar-refractivity contribution in [1.29, 1.82) is 0 Å². The van der Waals surface area contributed by atoms with Crippen molar-refractivity contribution in [2.75, 3.05) is 6.54 Å². The number of rotatable bonds is 4. The van der Waals surface area contributed by atoms with E-state index in [0.29, 0.717) is 6.54 Å². The Hall–Kier alpha value is -1.80. The van der Waals surface area contributed by atoms with Crippen LogP contribution in [0.2, 0.25) is 0 Å². The van der Waals surface area contributed by atoms with E-state index in [-0.39, 0.29) is 11.9 Å². The average molecular weight is 286 g/mol. The van der Waals surface area contributed by atoms with E-state index in [2.05, 4.69) is 12.1 Å². The first-order chi connectivity index (χ1) is 9.77. The molecule has 2 aromatic rings. The summed E-state index contributed by atoms with van der Waals surface area (Å²) >= 11 is 6.19. The van der Waals surface area contributed by atoms with Gasteiger partial charge in [0.2, 0.25) is 5.91 Å². The Morgan fingerprint density at radius 1 is 0.950 bits per heavy atom. The van der Waals surface area contributed by atoms with Crippen LogP contribution in [-0.2, 0) is 11.2 Å². The molecule has 0 N–H and O–H groups in total. The molecule has 3 heteroatoms. The third-order valence-corrected chi connectivity index (χ3v) is 4.18. The van der Waals surface area contributed by atoms with Gasteiger partial charge in [-0.2, -0.15) is 0 Å². The first-order valence-electron chi connectivity index (χ1n) is 6.81. The lowest BCUT2D eigenvalue weighted by Gasteiger charge is -2.44. The Morgan fingerprint density at radius 3 is 2.20 bits per heavy atom. The molecular formula is C17H16ClNO. The minimum atomic E-state index is -0.423. The SMILES string of the molecule is O=C1[C@@H](Cl)[C@@H](c2ccccc2)N1CCc1ccccc1. The van der Waals surface area contributed by atoms with Crippen molar-refractivity contribution >= 4 is 17.5 Å². The predicted octanol–water partition coefficient (Wildman–Crippen LogP) is 3.42. The lowest BCUT2D eigenvalue weighted by molar-refractivity contribution is -0.145. The number of benzene rings is 2. The summed E-state index contributed by atoms with van der Waals surface area (Å²) in [6.45, 7) is 0.714. The molecule has 20 heavy (non-hydrogen) atoms. The minimum absolute atomic E-state index is 0.00841. The molecule has 0 spiro atoms. The first-order valence-corrected chi connectivity index (χ1v) is 7.24. The minimum Gasteiger partial charge on any atom is -0.332 e. The van der Waals surface area contributed by atoms with Gasteiger partial charge in [0.15, 0.2) is 0 Å². The van der Waals surface area contributed by atoms with E-state index in [9.17, 15) is 4.79 Å². The van der Waals surface area contributed by atoms with Crippen LogP contribution in [0.5, 0.6) is 0 Å². The van der Waals surface area contributed by atoms with E-state index in [1.807, 2.05) is 53.4 Å². The van der Waals surface area contributed by atoms with Crippen molar-refractivity contribution < 1.29 is 4.79 Å². The molecule has 0 bridgehead atoms. The molecule has 0 unspecified atom stereocenters. The fourth-order valence-electron chi connectivity index (χ4n) is 2.65. The maximum Gasteiger partial charge on any atom is 0.243 e.